The van der Waals surface area contributed by atoms with Crippen molar-refractivity contribution in [1.82, 2.24) is 10.6 Å². The number of halogens is 2. The van der Waals surface area contributed by atoms with Gasteiger partial charge in [-0.1, -0.05) is 11.6 Å². The first-order valence-electron chi connectivity index (χ1n) is 7.09. The summed E-state index contributed by atoms with van der Waals surface area (Å²) in [5.74, 6) is -0.741. The Bertz CT molecular complexity index is 673. The van der Waals surface area contributed by atoms with E-state index in [1.165, 1.54) is 35.6 Å². The molecular formula is C16H16ClFN2O2S. The van der Waals surface area contributed by atoms with Gasteiger partial charge in [-0.3, -0.25) is 9.59 Å². The molecule has 1 aromatic carbocycles. The number of amides is 2. The van der Waals surface area contributed by atoms with E-state index in [1.54, 1.807) is 6.07 Å². The van der Waals surface area contributed by atoms with E-state index in [0.29, 0.717) is 35.8 Å². The van der Waals surface area contributed by atoms with Gasteiger partial charge in [-0.05, 0) is 42.8 Å². The van der Waals surface area contributed by atoms with Gasteiger partial charge in [0.2, 0.25) is 5.91 Å². The van der Waals surface area contributed by atoms with Gasteiger partial charge in [0.05, 0.1) is 10.9 Å². The Morgan fingerprint density at radius 3 is 2.48 bits per heavy atom. The molecule has 0 saturated heterocycles. The van der Waals surface area contributed by atoms with Crippen molar-refractivity contribution < 1.29 is 14.0 Å². The van der Waals surface area contributed by atoms with Crippen LogP contribution in [0, 0.1) is 5.82 Å². The van der Waals surface area contributed by atoms with Crippen LogP contribution in [-0.4, -0.2) is 18.4 Å². The van der Waals surface area contributed by atoms with Crippen LogP contribution in [0.2, 0.25) is 4.34 Å². The number of hydrogen-bond acceptors (Lipinski definition) is 3. The second kappa shape index (κ2) is 8.64. The van der Waals surface area contributed by atoms with Crippen LogP contribution in [-0.2, 0) is 11.3 Å². The molecule has 1 heterocycles. The fraction of sp³-hybridized carbons (Fsp3) is 0.250. The average Bonchev–Trinajstić information content (AvgIpc) is 2.95. The molecule has 0 bridgehead atoms. The molecular weight excluding hydrogens is 339 g/mol. The molecule has 2 N–H and O–H groups in total. The first kappa shape index (κ1) is 17.4. The standard InChI is InChI=1S/C16H16ClFN2O2S/c17-14-8-7-13(23-14)10-20-15(21)2-1-9-19-16(22)11-3-5-12(18)6-4-11/h3-8H,1-2,9-10H2,(H,19,22)(H,20,21). The number of thiophene rings is 1. The summed E-state index contributed by atoms with van der Waals surface area (Å²) in [6.07, 6.45) is 0.854. The van der Waals surface area contributed by atoms with Crippen LogP contribution in [0.25, 0.3) is 0 Å². The predicted molar refractivity (Wildman–Crippen MR) is 89.1 cm³/mol. The van der Waals surface area contributed by atoms with E-state index >= 15 is 0 Å². The van der Waals surface area contributed by atoms with Crippen molar-refractivity contribution in [3.63, 3.8) is 0 Å². The van der Waals surface area contributed by atoms with E-state index in [2.05, 4.69) is 10.6 Å². The highest BCUT2D eigenvalue weighted by Gasteiger charge is 2.06. The van der Waals surface area contributed by atoms with Crippen molar-refractivity contribution in [2.45, 2.75) is 19.4 Å². The molecule has 2 aromatic rings. The maximum absolute atomic E-state index is 12.8. The van der Waals surface area contributed by atoms with E-state index in [1.807, 2.05) is 6.07 Å². The Morgan fingerprint density at radius 2 is 1.83 bits per heavy atom. The molecule has 122 valence electrons. The zero-order valence-electron chi connectivity index (χ0n) is 12.3. The summed E-state index contributed by atoms with van der Waals surface area (Å²) in [7, 11) is 0. The molecule has 0 saturated carbocycles. The first-order valence-corrected chi connectivity index (χ1v) is 8.29. The summed E-state index contributed by atoms with van der Waals surface area (Å²) in [5, 5.41) is 5.49. The quantitative estimate of drug-likeness (QED) is 0.749. The van der Waals surface area contributed by atoms with Gasteiger partial charge in [-0.25, -0.2) is 4.39 Å². The molecule has 0 aliphatic heterocycles. The Kier molecular flexibility index (Phi) is 6.55. The largest absolute Gasteiger partial charge is 0.352 e. The molecule has 2 rings (SSSR count). The van der Waals surface area contributed by atoms with Gasteiger partial charge in [0.25, 0.3) is 5.91 Å². The number of nitrogens with one attached hydrogen (secondary N) is 2. The second-order valence-electron chi connectivity index (χ2n) is 4.85. The zero-order valence-corrected chi connectivity index (χ0v) is 13.8. The Balaban J connectivity index is 1.62. The first-order chi connectivity index (χ1) is 11.0. The monoisotopic (exact) mass is 354 g/mol. The third kappa shape index (κ3) is 6.00. The highest BCUT2D eigenvalue weighted by molar-refractivity contribution is 7.16. The Hall–Kier alpha value is -1.92. The lowest BCUT2D eigenvalue weighted by Gasteiger charge is -2.06. The lowest BCUT2D eigenvalue weighted by atomic mass is 10.2. The van der Waals surface area contributed by atoms with Crippen molar-refractivity contribution in [3.05, 3.63) is 57.0 Å². The van der Waals surface area contributed by atoms with Crippen LogP contribution in [0.15, 0.2) is 36.4 Å². The molecule has 0 aliphatic rings. The predicted octanol–water partition coefficient (Wildman–Crippen LogP) is 3.37. The minimum atomic E-state index is -0.384. The minimum Gasteiger partial charge on any atom is -0.352 e. The summed E-state index contributed by atoms with van der Waals surface area (Å²) >= 11 is 7.24. The molecule has 0 fully saturated rings. The van der Waals surface area contributed by atoms with Crippen LogP contribution in [0.1, 0.15) is 28.1 Å². The van der Waals surface area contributed by atoms with Crippen molar-refractivity contribution in [3.8, 4) is 0 Å². The van der Waals surface area contributed by atoms with Crippen LogP contribution in [0.5, 0.6) is 0 Å². The molecule has 2 amide bonds. The third-order valence-electron chi connectivity index (χ3n) is 3.06. The van der Waals surface area contributed by atoms with Gasteiger partial charge in [-0.2, -0.15) is 0 Å². The molecule has 23 heavy (non-hydrogen) atoms. The van der Waals surface area contributed by atoms with Crippen molar-refractivity contribution >= 4 is 34.8 Å². The smallest absolute Gasteiger partial charge is 0.251 e. The maximum atomic E-state index is 12.8. The number of hydrogen-bond donors (Lipinski definition) is 2. The Labute approximate surface area is 142 Å². The average molecular weight is 355 g/mol. The van der Waals surface area contributed by atoms with Gasteiger partial charge in [0.15, 0.2) is 0 Å². The summed E-state index contributed by atoms with van der Waals surface area (Å²) < 4.78 is 13.5. The van der Waals surface area contributed by atoms with Crippen LogP contribution in [0.4, 0.5) is 4.39 Å². The summed E-state index contributed by atoms with van der Waals surface area (Å²) in [5.41, 5.74) is 0.394. The molecule has 4 nitrogen and oxygen atoms in total. The molecule has 0 radical (unpaired) electrons. The lowest BCUT2D eigenvalue weighted by molar-refractivity contribution is -0.121. The van der Waals surface area contributed by atoms with Crippen molar-refractivity contribution in [2.75, 3.05) is 6.54 Å². The molecule has 0 aliphatic carbocycles. The number of carbonyl (C=O) groups excluding carboxylic acids is 2. The van der Waals surface area contributed by atoms with Crippen LogP contribution >= 0.6 is 22.9 Å². The normalized spacial score (nSPS) is 10.3. The highest BCUT2D eigenvalue weighted by Crippen LogP contribution is 2.20. The maximum Gasteiger partial charge on any atom is 0.251 e. The van der Waals surface area contributed by atoms with Crippen LogP contribution in [0.3, 0.4) is 0 Å². The molecule has 7 heteroatoms. The molecule has 0 spiro atoms. The SMILES string of the molecule is O=C(CCCNC(=O)c1ccc(F)cc1)NCc1ccc(Cl)s1. The fourth-order valence-electron chi connectivity index (χ4n) is 1.88. The van der Waals surface area contributed by atoms with E-state index in [9.17, 15) is 14.0 Å². The molecule has 1 aromatic heterocycles. The van der Waals surface area contributed by atoms with Crippen LogP contribution < -0.4 is 10.6 Å². The van der Waals surface area contributed by atoms with Gasteiger partial charge >= 0.3 is 0 Å². The van der Waals surface area contributed by atoms with Gasteiger partial charge in [0, 0.05) is 23.4 Å². The second-order valence-corrected chi connectivity index (χ2v) is 6.65. The third-order valence-corrected chi connectivity index (χ3v) is 4.29. The Morgan fingerprint density at radius 1 is 1.09 bits per heavy atom. The van der Waals surface area contributed by atoms with Gasteiger partial charge in [0.1, 0.15) is 5.82 Å². The van der Waals surface area contributed by atoms with Crippen molar-refractivity contribution in [1.29, 1.82) is 0 Å². The molecule has 0 unspecified atom stereocenters. The number of carbonyl (C=O) groups is 2. The number of rotatable bonds is 7. The summed E-state index contributed by atoms with van der Waals surface area (Å²) in [6.45, 7) is 0.840. The van der Waals surface area contributed by atoms with E-state index in [4.69, 9.17) is 11.6 Å². The fourth-order valence-corrected chi connectivity index (χ4v) is 2.90. The zero-order chi connectivity index (χ0) is 16.7. The van der Waals surface area contributed by atoms with E-state index in [0.717, 1.165) is 4.88 Å². The summed E-state index contributed by atoms with van der Waals surface area (Å²) in [6, 6.07) is 8.97. The number of benzene rings is 1. The van der Waals surface area contributed by atoms with E-state index in [-0.39, 0.29) is 17.6 Å². The van der Waals surface area contributed by atoms with E-state index < -0.39 is 0 Å². The topological polar surface area (TPSA) is 58.2 Å². The summed E-state index contributed by atoms with van der Waals surface area (Å²) in [4.78, 5) is 24.4. The highest BCUT2D eigenvalue weighted by atomic mass is 35.5. The van der Waals surface area contributed by atoms with Crippen molar-refractivity contribution in [2.24, 2.45) is 0 Å². The lowest BCUT2D eigenvalue weighted by Crippen LogP contribution is -2.27. The van der Waals surface area contributed by atoms with Gasteiger partial charge in [-0.15, -0.1) is 11.3 Å². The minimum absolute atomic E-state index is 0.0782. The van der Waals surface area contributed by atoms with Gasteiger partial charge < -0.3 is 10.6 Å². The molecule has 0 atom stereocenters.